The van der Waals surface area contributed by atoms with Gasteiger partial charge in [0.1, 0.15) is 11.5 Å². The number of hydrogen-bond acceptors (Lipinski definition) is 11. The van der Waals surface area contributed by atoms with Gasteiger partial charge in [-0.15, -0.1) is 0 Å². The number of methoxy groups -OCH3 is 1. The number of hydrogen-bond donors (Lipinski definition) is 4. The van der Waals surface area contributed by atoms with Crippen LogP contribution in [0.5, 0.6) is 11.5 Å². The second-order valence-electron chi connectivity index (χ2n) is 14.0. The predicted molar refractivity (Wildman–Crippen MR) is 173 cm³/mol. The van der Waals surface area contributed by atoms with E-state index in [1.165, 1.54) is 6.07 Å². The molecule has 4 aliphatic rings. The lowest BCUT2D eigenvalue weighted by atomic mass is 9.49. The highest BCUT2D eigenvalue weighted by Gasteiger charge is 2.69. The number of piperazine rings is 1. The topological polar surface area (TPSA) is 188 Å². The predicted octanol–water partition coefficient (Wildman–Crippen LogP) is 0.995. The number of benzene rings is 2. The highest BCUT2D eigenvalue weighted by atomic mass is 16.5. The lowest BCUT2D eigenvalue weighted by molar-refractivity contribution is -0.182. The van der Waals surface area contributed by atoms with Crippen LogP contribution in [-0.4, -0.2) is 106 Å². The second kappa shape index (κ2) is 12.8. The van der Waals surface area contributed by atoms with Gasteiger partial charge in [-0.1, -0.05) is 26.0 Å². The molecule has 48 heavy (non-hydrogen) atoms. The van der Waals surface area contributed by atoms with Gasteiger partial charge in [0.15, 0.2) is 34.7 Å². The van der Waals surface area contributed by atoms with Gasteiger partial charge in [-0.05, 0) is 59.6 Å². The zero-order valence-corrected chi connectivity index (χ0v) is 27.5. The Kier molecular flexibility index (Phi) is 9.05. The molecule has 2 saturated carbocycles. The van der Waals surface area contributed by atoms with Crippen molar-refractivity contribution in [3.8, 4) is 22.6 Å². The van der Waals surface area contributed by atoms with Gasteiger partial charge in [0, 0.05) is 56.7 Å². The molecule has 1 aliphatic heterocycles. The van der Waals surface area contributed by atoms with E-state index in [2.05, 4.69) is 9.80 Å². The number of primary amides is 1. The molecule has 1 heterocycles. The molecule has 6 atom stereocenters. The van der Waals surface area contributed by atoms with Crippen molar-refractivity contribution in [2.45, 2.75) is 38.8 Å². The van der Waals surface area contributed by atoms with Crippen LogP contribution in [0.25, 0.3) is 11.1 Å². The summed E-state index contributed by atoms with van der Waals surface area (Å²) in [6.07, 6.45) is 0.212. The Morgan fingerprint density at radius 2 is 1.73 bits per heavy atom. The van der Waals surface area contributed by atoms with E-state index in [1.54, 1.807) is 27.0 Å². The lowest BCUT2D eigenvalue weighted by Crippen LogP contribution is -2.71. The maximum absolute atomic E-state index is 14.2. The number of phenols is 1. The number of carbonyl (C=O) groups excluding carboxylic acids is 5. The molecule has 12 nitrogen and oxygen atoms in total. The Hall–Kier alpha value is -3.97. The van der Waals surface area contributed by atoms with Crippen molar-refractivity contribution in [2.75, 3.05) is 46.4 Å². The first-order valence-corrected chi connectivity index (χ1v) is 16.6. The maximum atomic E-state index is 14.2. The highest BCUT2D eigenvalue weighted by molar-refractivity contribution is 6.32. The van der Waals surface area contributed by atoms with Crippen molar-refractivity contribution in [1.29, 1.82) is 0 Å². The average Bonchev–Trinajstić information content (AvgIpc) is 3.03. The molecule has 12 heteroatoms. The minimum absolute atomic E-state index is 0.0229. The molecule has 0 radical (unpaired) electrons. The summed E-state index contributed by atoms with van der Waals surface area (Å²) >= 11 is 0. The lowest BCUT2D eigenvalue weighted by Gasteiger charge is -2.52. The Labute approximate surface area is 278 Å². The smallest absolute Gasteiger partial charge is 0.235 e. The number of ketones is 4. The fourth-order valence-electron chi connectivity index (χ4n) is 8.75. The van der Waals surface area contributed by atoms with E-state index in [9.17, 15) is 39.3 Å². The molecule has 1 saturated heterocycles. The normalized spacial score (nSPS) is 29.4. The molecule has 0 aromatic heterocycles. The summed E-state index contributed by atoms with van der Waals surface area (Å²) in [5, 5.41) is 32.1. The number of phenolic OH excluding ortho intramolecular Hbond substituents is 1. The van der Waals surface area contributed by atoms with Crippen LogP contribution in [0, 0.1) is 35.5 Å². The van der Waals surface area contributed by atoms with Crippen LogP contribution < -0.4 is 10.5 Å². The van der Waals surface area contributed by atoms with E-state index in [0.717, 1.165) is 37.3 Å². The third-order valence-electron chi connectivity index (χ3n) is 11.1. The summed E-state index contributed by atoms with van der Waals surface area (Å²) in [6.45, 7) is 8.15. The van der Waals surface area contributed by atoms with Crippen LogP contribution in [0.4, 0.5) is 0 Å². The molecule has 3 fully saturated rings. The largest absolute Gasteiger partial charge is 0.507 e. The molecule has 2 aromatic rings. The molecular weight excluding hydrogens is 618 g/mol. The van der Waals surface area contributed by atoms with E-state index in [0.29, 0.717) is 30.0 Å². The number of nitrogens with two attached hydrogens (primary N) is 1. The monoisotopic (exact) mass is 661 g/mol. The number of β-amino-alcohol motifs (C(OH)–C–C–N with tert-alkyl or cyclic N) is 1. The number of aliphatic hydroxyl groups is 2. The molecule has 6 rings (SSSR count). The molecule has 256 valence electrons. The number of carbonyl (C=O) groups is 5. The van der Waals surface area contributed by atoms with Crippen LogP contribution in [0.2, 0.25) is 0 Å². The number of aromatic hydroxyl groups is 1. The Balaban J connectivity index is 1.37. The summed E-state index contributed by atoms with van der Waals surface area (Å²) in [7, 11) is 1.61. The molecular formula is C36H43N3O9. The quantitative estimate of drug-likeness (QED) is 0.296. The zero-order valence-electron chi connectivity index (χ0n) is 27.5. The molecule has 0 bridgehead atoms. The second-order valence-corrected chi connectivity index (χ2v) is 14.0. The van der Waals surface area contributed by atoms with Crippen LogP contribution in [0.3, 0.4) is 0 Å². The van der Waals surface area contributed by atoms with Crippen LogP contribution in [0.15, 0.2) is 30.3 Å². The van der Waals surface area contributed by atoms with E-state index < -0.39 is 70.1 Å². The Morgan fingerprint density at radius 1 is 1.04 bits per heavy atom. The average molecular weight is 662 g/mol. The van der Waals surface area contributed by atoms with E-state index in [1.807, 2.05) is 18.2 Å². The van der Waals surface area contributed by atoms with Crippen molar-refractivity contribution in [3.63, 3.8) is 0 Å². The number of fused-ring (bicyclic) bond motifs is 3. The Bertz CT molecular complexity index is 1680. The third-order valence-corrected chi connectivity index (χ3v) is 11.1. The van der Waals surface area contributed by atoms with E-state index >= 15 is 0 Å². The first kappa shape index (κ1) is 33.9. The number of aliphatic hydroxyl groups excluding tert-OH is 1. The summed E-state index contributed by atoms with van der Waals surface area (Å²) in [5.41, 5.74) is 5.65. The minimum atomic E-state index is -2.72. The van der Waals surface area contributed by atoms with Gasteiger partial charge in [-0.2, -0.15) is 0 Å². The summed E-state index contributed by atoms with van der Waals surface area (Å²) < 4.78 is 5.69. The number of ether oxygens (including phenoxy) is 1. The van der Waals surface area contributed by atoms with Gasteiger partial charge < -0.3 is 25.8 Å². The highest BCUT2D eigenvalue weighted by Crippen LogP contribution is 2.53. The summed E-state index contributed by atoms with van der Waals surface area (Å²) in [4.78, 5) is 72.1. The molecule has 2 aromatic carbocycles. The van der Waals surface area contributed by atoms with Crippen molar-refractivity contribution < 1.29 is 44.0 Å². The fraction of sp³-hybridized carbons (Fsp3) is 0.528. The van der Waals surface area contributed by atoms with Crippen molar-refractivity contribution in [1.82, 2.24) is 9.80 Å². The molecule has 1 amide bonds. The van der Waals surface area contributed by atoms with Gasteiger partial charge in [-0.3, -0.25) is 33.8 Å². The number of amides is 1. The first-order chi connectivity index (χ1) is 22.8. The van der Waals surface area contributed by atoms with Crippen LogP contribution in [-0.2, 0) is 32.1 Å². The number of rotatable bonds is 8. The van der Waals surface area contributed by atoms with Crippen LogP contribution in [0.1, 0.15) is 41.8 Å². The molecule has 5 N–H and O–H groups in total. The van der Waals surface area contributed by atoms with Crippen molar-refractivity contribution in [3.05, 3.63) is 47.0 Å². The third kappa shape index (κ3) is 5.35. The fourth-order valence-corrected chi connectivity index (χ4v) is 8.75. The minimum Gasteiger partial charge on any atom is -0.507 e. The molecule has 0 spiro atoms. The zero-order chi connectivity index (χ0) is 34.7. The van der Waals surface area contributed by atoms with Gasteiger partial charge in [-0.25, -0.2) is 0 Å². The molecule has 2 unspecified atom stereocenters. The first-order valence-electron chi connectivity index (χ1n) is 16.6. The van der Waals surface area contributed by atoms with Gasteiger partial charge >= 0.3 is 0 Å². The SMILES string of the molecule is COc1ccc(-c2ccc(O)c3c2C[C@H]2C[C@H]4[C@H](C(C)C)C(=O)C(C(N)=O)C(=O)[C@@]4(O)C(=O)C2C3=O)cc1CN1CCN(CCO)CC1. The van der Waals surface area contributed by atoms with E-state index in [-0.39, 0.29) is 30.8 Å². The van der Waals surface area contributed by atoms with Crippen molar-refractivity contribution in [2.24, 2.45) is 41.2 Å². The van der Waals surface area contributed by atoms with Gasteiger partial charge in [0.2, 0.25) is 5.91 Å². The summed E-state index contributed by atoms with van der Waals surface area (Å²) in [6, 6.07) is 8.90. The standard InChI is InChI=1S/C36H43N3O9/c1-18(2)27-24-16-20-15-23-22(19-4-7-26(48-3)21(14-19)17-39-10-8-38(9-11-39)12-13-40)5-6-25(41)29(23)32(43)28(20)33(44)36(24,47)34(45)30(31(27)42)35(37)46/h4-7,14,18,20,24,27-28,30,40-41,47H,8-13,15-17H2,1-3H3,(H2,37,46)/t20-,24-,27-,28?,30?,36-/m0/s1. The number of Topliss-reactive ketones (excluding diaryl/α,β-unsaturated/α-hetero) is 4. The van der Waals surface area contributed by atoms with Crippen LogP contribution >= 0.6 is 0 Å². The van der Waals surface area contributed by atoms with E-state index in [4.69, 9.17) is 10.5 Å². The summed E-state index contributed by atoms with van der Waals surface area (Å²) in [5.74, 6) is -11.1. The number of nitrogens with zero attached hydrogens (tertiary/aromatic N) is 2. The molecule has 3 aliphatic carbocycles. The maximum Gasteiger partial charge on any atom is 0.235 e. The van der Waals surface area contributed by atoms with Crippen molar-refractivity contribution >= 4 is 29.0 Å². The van der Waals surface area contributed by atoms with Gasteiger partial charge in [0.05, 0.1) is 25.2 Å². The Morgan fingerprint density at radius 3 is 2.35 bits per heavy atom. The van der Waals surface area contributed by atoms with Gasteiger partial charge in [0.25, 0.3) is 0 Å².